The van der Waals surface area contributed by atoms with E-state index in [4.69, 9.17) is 0 Å². The highest BCUT2D eigenvalue weighted by atomic mass is 19.4. The van der Waals surface area contributed by atoms with Crippen molar-refractivity contribution in [3.05, 3.63) is 66.2 Å². The third-order valence-electron chi connectivity index (χ3n) is 2.64. The number of rotatable bonds is 5. The van der Waals surface area contributed by atoms with E-state index in [0.29, 0.717) is 5.69 Å². The van der Waals surface area contributed by atoms with Gasteiger partial charge in [-0.25, -0.2) is 0 Å². The maximum absolute atomic E-state index is 12.4. The number of anilines is 1. The second-order valence-electron chi connectivity index (χ2n) is 4.25. The highest BCUT2D eigenvalue weighted by Crippen LogP contribution is 2.22. The van der Waals surface area contributed by atoms with Crippen LogP contribution < -0.4 is 5.32 Å². The average molecular weight is 281 g/mol. The number of hydrogen-bond acceptors (Lipinski definition) is 2. The molecule has 0 amide bonds. The molecule has 2 rings (SSSR count). The van der Waals surface area contributed by atoms with Crippen molar-refractivity contribution < 1.29 is 17.9 Å². The van der Waals surface area contributed by atoms with Crippen molar-refractivity contribution in [1.29, 1.82) is 0 Å². The molecule has 1 N–H and O–H groups in total. The Morgan fingerprint density at radius 3 is 2.00 bits per heavy atom. The van der Waals surface area contributed by atoms with Gasteiger partial charge in [0.2, 0.25) is 0 Å². The van der Waals surface area contributed by atoms with E-state index >= 15 is 0 Å². The first-order valence-electron chi connectivity index (χ1n) is 6.13. The lowest BCUT2D eigenvalue weighted by Gasteiger charge is -2.21. The molecule has 0 bridgehead atoms. The van der Waals surface area contributed by atoms with E-state index in [1.807, 2.05) is 6.07 Å². The topological polar surface area (TPSA) is 21.3 Å². The molecule has 0 aliphatic rings. The van der Waals surface area contributed by atoms with Crippen LogP contribution in [0.15, 0.2) is 60.7 Å². The highest BCUT2D eigenvalue weighted by molar-refractivity contribution is 5.43. The van der Waals surface area contributed by atoms with Crippen molar-refractivity contribution in [3.8, 4) is 0 Å². The molecule has 0 heterocycles. The molecule has 20 heavy (non-hydrogen) atoms. The van der Waals surface area contributed by atoms with E-state index < -0.39 is 12.6 Å². The van der Waals surface area contributed by atoms with Gasteiger partial charge in [-0.3, -0.25) is 4.74 Å². The standard InChI is InChI=1S/C15H14F3NO/c16-15(17,18)20-14(11-12-7-3-1-4-8-12)19-13-9-5-2-6-10-13/h1-10,14,19H,11H2. The SMILES string of the molecule is FC(F)(F)OC(Cc1ccccc1)Nc1ccccc1. The molecule has 0 aromatic heterocycles. The van der Waals surface area contributed by atoms with E-state index in [2.05, 4.69) is 10.1 Å². The fourth-order valence-corrected chi connectivity index (χ4v) is 1.83. The van der Waals surface area contributed by atoms with Crippen molar-refractivity contribution in [2.75, 3.05) is 5.32 Å². The summed E-state index contributed by atoms with van der Waals surface area (Å²) in [6, 6.07) is 17.6. The first-order chi connectivity index (χ1) is 9.53. The Hall–Kier alpha value is -2.01. The highest BCUT2D eigenvalue weighted by Gasteiger charge is 2.33. The molecule has 2 nitrogen and oxygen atoms in total. The van der Waals surface area contributed by atoms with Gasteiger partial charge in [0.05, 0.1) is 0 Å². The van der Waals surface area contributed by atoms with Gasteiger partial charge >= 0.3 is 6.36 Å². The summed E-state index contributed by atoms with van der Waals surface area (Å²) >= 11 is 0. The minimum Gasteiger partial charge on any atom is -0.360 e. The molecule has 2 aromatic carbocycles. The summed E-state index contributed by atoms with van der Waals surface area (Å²) in [5.41, 5.74) is 1.35. The molecule has 0 fully saturated rings. The number of benzene rings is 2. The van der Waals surface area contributed by atoms with E-state index in [0.717, 1.165) is 5.56 Å². The summed E-state index contributed by atoms with van der Waals surface area (Å²) in [5, 5.41) is 2.74. The molecule has 106 valence electrons. The summed E-state index contributed by atoms with van der Waals surface area (Å²) in [5.74, 6) is 0. The van der Waals surface area contributed by atoms with Crippen molar-refractivity contribution in [2.45, 2.75) is 19.0 Å². The van der Waals surface area contributed by atoms with Crippen LogP contribution in [0.4, 0.5) is 18.9 Å². The van der Waals surface area contributed by atoms with Gasteiger partial charge in [0, 0.05) is 12.1 Å². The molecule has 1 atom stereocenters. The maximum Gasteiger partial charge on any atom is 0.524 e. The maximum atomic E-state index is 12.4. The third-order valence-corrected chi connectivity index (χ3v) is 2.64. The van der Waals surface area contributed by atoms with E-state index in [1.54, 1.807) is 54.6 Å². The molecule has 0 aliphatic heterocycles. The Bertz CT molecular complexity index is 472. The van der Waals surface area contributed by atoms with E-state index in [9.17, 15) is 13.2 Å². The second-order valence-corrected chi connectivity index (χ2v) is 4.25. The van der Waals surface area contributed by atoms with Crippen LogP contribution in [0.25, 0.3) is 0 Å². The quantitative estimate of drug-likeness (QED) is 0.829. The van der Waals surface area contributed by atoms with Gasteiger partial charge < -0.3 is 5.32 Å². The predicted octanol–water partition coefficient (Wildman–Crippen LogP) is 4.20. The molecule has 0 saturated carbocycles. The minimum atomic E-state index is -4.68. The zero-order chi connectivity index (χ0) is 14.4. The van der Waals surface area contributed by atoms with Crippen LogP contribution in [0.2, 0.25) is 0 Å². The van der Waals surface area contributed by atoms with Gasteiger partial charge in [-0.15, -0.1) is 13.2 Å². The molecule has 0 saturated heterocycles. The van der Waals surface area contributed by atoms with Crippen LogP contribution in [-0.2, 0) is 11.2 Å². The number of halogens is 3. The van der Waals surface area contributed by atoms with Gasteiger partial charge in [0.1, 0.15) is 6.23 Å². The van der Waals surface area contributed by atoms with Gasteiger partial charge in [0.25, 0.3) is 0 Å². The normalized spacial score (nSPS) is 12.9. The number of para-hydroxylation sites is 1. The summed E-state index contributed by atoms with van der Waals surface area (Å²) < 4.78 is 41.5. The predicted molar refractivity (Wildman–Crippen MR) is 71.1 cm³/mol. The number of ether oxygens (including phenoxy) is 1. The summed E-state index contributed by atoms with van der Waals surface area (Å²) in [4.78, 5) is 0. The fourth-order valence-electron chi connectivity index (χ4n) is 1.83. The summed E-state index contributed by atoms with van der Waals surface area (Å²) in [7, 11) is 0. The van der Waals surface area contributed by atoms with Crippen LogP contribution >= 0.6 is 0 Å². The van der Waals surface area contributed by atoms with Crippen LogP contribution in [0, 0.1) is 0 Å². The van der Waals surface area contributed by atoms with Gasteiger partial charge in [-0.2, -0.15) is 0 Å². The van der Waals surface area contributed by atoms with Crippen molar-refractivity contribution >= 4 is 5.69 Å². The molecule has 5 heteroatoms. The molecule has 0 aliphatic carbocycles. The smallest absolute Gasteiger partial charge is 0.360 e. The van der Waals surface area contributed by atoms with Crippen LogP contribution in [-0.4, -0.2) is 12.6 Å². The molecule has 1 unspecified atom stereocenters. The molecule has 0 radical (unpaired) electrons. The van der Waals surface area contributed by atoms with Crippen LogP contribution in [0.3, 0.4) is 0 Å². The van der Waals surface area contributed by atoms with Crippen LogP contribution in [0.1, 0.15) is 5.56 Å². The average Bonchev–Trinajstić information content (AvgIpc) is 2.39. The van der Waals surface area contributed by atoms with Gasteiger partial charge in [0.15, 0.2) is 0 Å². The second kappa shape index (κ2) is 6.43. The van der Waals surface area contributed by atoms with E-state index in [1.165, 1.54) is 0 Å². The Kier molecular flexibility index (Phi) is 4.63. The number of nitrogens with one attached hydrogen (secondary N) is 1. The van der Waals surface area contributed by atoms with Gasteiger partial charge in [-0.05, 0) is 17.7 Å². The number of hydrogen-bond donors (Lipinski definition) is 1. The fraction of sp³-hybridized carbons (Fsp3) is 0.200. The largest absolute Gasteiger partial charge is 0.524 e. The third kappa shape index (κ3) is 4.93. The molecule has 2 aromatic rings. The number of alkyl halides is 3. The summed E-state index contributed by atoms with van der Waals surface area (Å²) in [6.07, 6.45) is -5.73. The first kappa shape index (κ1) is 14.4. The minimum absolute atomic E-state index is 0.120. The summed E-state index contributed by atoms with van der Waals surface area (Å²) in [6.45, 7) is 0. The Balaban J connectivity index is 2.08. The van der Waals surface area contributed by atoms with Gasteiger partial charge in [-0.1, -0.05) is 48.5 Å². The molecule has 0 spiro atoms. The zero-order valence-corrected chi connectivity index (χ0v) is 10.6. The van der Waals surface area contributed by atoms with Crippen molar-refractivity contribution in [1.82, 2.24) is 0 Å². The Morgan fingerprint density at radius 2 is 1.45 bits per heavy atom. The monoisotopic (exact) mass is 281 g/mol. The Labute approximate surface area is 115 Å². The van der Waals surface area contributed by atoms with Crippen molar-refractivity contribution in [2.24, 2.45) is 0 Å². The van der Waals surface area contributed by atoms with Crippen molar-refractivity contribution in [3.63, 3.8) is 0 Å². The first-order valence-corrected chi connectivity index (χ1v) is 6.13. The lowest BCUT2D eigenvalue weighted by atomic mass is 10.1. The van der Waals surface area contributed by atoms with Crippen LogP contribution in [0.5, 0.6) is 0 Å². The lowest BCUT2D eigenvalue weighted by molar-refractivity contribution is -0.338. The Morgan fingerprint density at radius 1 is 0.900 bits per heavy atom. The zero-order valence-electron chi connectivity index (χ0n) is 10.6. The lowest BCUT2D eigenvalue weighted by Crippen LogP contribution is -2.32. The molecular weight excluding hydrogens is 267 g/mol. The van der Waals surface area contributed by atoms with E-state index in [-0.39, 0.29) is 6.42 Å². The molecular formula is C15H14F3NO.